The number of anilines is 2. The summed E-state index contributed by atoms with van der Waals surface area (Å²) < 4.78 is 4.29. The van der Waals surface area contributed by atoms with Gasteiger partial charge in [-0.25, -0.2) is 0 Å². The van der Waals surface area contributed by atoms with Crippen molar-refractivity contribution in [1.29, 1.82) is 0 Å². The van der Waals surface area contributed by atoms with E-state index in [4.69, 9.17) is 5.73 Å². The second-order valence-electron chi connectivity index (χ2n) is 5.28. The minimum atomic E-state index is 0.389. The molecule has 1 aromatic heterocycles. The van der Waals surface area contributed by atoms with Gasteiger partial charge in [0.25, 0.3) is 0 Å². The fourth-order valence-corrected chi connectivity index (χ4v) is 2.88. The van der Waals surface area contributed by atoms with E-state index in [1.807, 2.05) is 18.2 Å². The summed E-state index contributed by atoms with van der Waals surface area (Å²) in [5, 5.41) is 4.59. The Bertz CT molecular complexity index is 536. The molecule has 0 amide bonds. The lowest BCUT2D eigenvalue weighted by Gasteiger charge is -2.17. The number of benzene rings is 1. The van der Waals surface area contributed by atoms with E-state index < -0.39 is 0 Å². The van der Waals surface area contributed by atoms with Gasteiger partial charge in [0.1, 0.15) is 10.8 Å². The molecule has 0 aliphatic carbocycles. The summed E-state index contributed by atoms with van der Waals surface area (Å²) >= 11 is 1.43. The SMILES string of the molecule is CC(CCN(C)C)Nc1snc(N)c1-c1ccccc1. The fraction of sp³-hybridized carbons (Fsp3) is 0.400. The van der Waals surface area contributed by atoms with Gasteiger partial charge in [0.05, 0.1) is 5.56 Å². The van der Waals surface area contributed by atoms with Crippen LogP contribution in [0.2, 0.25) is 0 Å². The second-order valence-corrected chi connectivity index (χ2v) is 6.05. The number of aromatic nitrogens is 1. The van der Waals surface area contributed by atoms with Gasteiger partial charge in [-0.1, -0.05) is 30.3 Å². The zero-order chi connectivity index (χ0) is 14.5. The molecule has 0 saturated heterocycles. The lowest BCUT2D eigenvalue weighted by Crippen LogP contribution is -2.22. The van der Waals surface area contributed by atoms with Crippen LogP contribution in [0.3, 0.4) is 0 Å². The first-order valence-electron chi connectivity index (χ1n) is 6.79. The molecule has 1 unspecified atom stereocenters. The van der Waals surface area contributed by atoms with Gasteiger partial charge < -0.3 is 16.0 Å². The van der Waals surface area contributed by atoms with Crippen molar-refractivity contribution in [1.82, 2.24) is 9.27 Å². The molecule has 1 atom stereocenters. The monoisotopic (exact) mass is 290 g/mol. The Morgan fingerprint density at radius 1 is 1.30 bits per heavy atom. The van der Waals surface area contributed by atoms with Gasteiger partial charge in [0.15, 0.2) is 0 Å². The van der Waals surface area contributed by atoms with Gasteiger partial charge in [0.2, 0.25) is 0 Å². The largest absolute Gasteiger partial charge is 0.382 e. The molecule has 2 rings (SSSR count). The number of nitrogens with zero attached hydrogens (tertiary/aromatic N) is 2. The van der Waals surface area contributed by atoms with Crippen molar-refractivity contribution >= 4 is 22.4 Å². The highest BCUT2D eigenvalue weighted by Gasteiger charge is 2.15. The van der Waals surface area contributed by atoms with Crippen LogP contribution < -0.4 is 11.1 Å². The van der Waals surface area contributed by atoms with Gasteiger partial charge in [-0.2, -0.15) is 4.37 Å². The molecule has 2 aromatic rings. The van der Waals surface area contributed by atoms with Crippen LogP contribution in [-0.4, -0.2) is 36.0 Å². The number of rotatable bonds is 6. The van der Waals surface area contributed by atoms with E-state index in [2.05, 4.69) is 47.7 Å². The molecule has 1 heterocycles. The molecule has 1 aromatic carbocycles. The number of nitrogen functional groups attached to an aromatic ring is 1. The highest BCUT2D eigenvalue weighted by Crippen LogP contribution is 2.37. The number of nitrogens with one attached hydrogen (secondary N) is 1. The van der Waals surface area contributed by atoms with E-state index in [1.165, 1.54) is 11.5 Å². The zero-order valence-corrected chi connectivity index (χ0v) is 13.1. The number of hydrogen-bond donors (Lipinski definition) is 2. The van der Waals surface area contributed by atoms with Crippen LogP contribution in [0.4, 0.5) is 10.8 Å². The summed E-state index contributed by atoms with van der Waals surface area (Å²) in [5.41, 5.74) is 8.16. The van der Waals surface area contributed by atoms with Gasteiger partial charge >= 0.3 is 0 Å². The Hall–Kier alpha value is -1.59. The minimum absolute atomic E-state index is 0.389. The molecule has 4 nitrogen and oxygen atoms in total. The van der Waals surface area contributed by atoms with Crippen LogP contribution in [0.1, 0.15) is 13.3 Å². The smallest absolute Gasteiger partial charge is 0.147 e. The highest BCUT2D eigenvalue weighted by molar-refractivity contribution is 7.11. The predicted octanol–water partition coefficient (Wildman–Crippen LogP) is 3.14. The van der Waals surface area contributed by atoms with Gasteiger partial charge in [-0.05, 0) is 51.1 Å². The molecule has 0 spiro atoms. The number of hydrogen-bond acceptors (Lipinski definition) is 5. The van der Waals surface area contributed by atoms with E-state index in [-0.39, 0.29) is 0 Å². The first-order chi connectivity index (χ1) is 9.58. The van der Waals surface area contributed by atoms with E-state index in [9.17, 15) is 0 Å². The van der Waals surface area contributed by atoms with Crippen molar-refractivity contribution < 1.29 is 0 Å². The van der Waals surface area contributed by atoms with Crippen molar-refractivity contribution in [3.8, 4) is 11.1 Å². The van der Waals surface area contributed by atoms with Crippen molar-refractivity contribution in [2.75, 3.05) is 31.7 Å². The van der Waals surface area contributed by atoms with Crippen LogP contribution >= 0.6 is 11.5 Å². The van der Waals surface area contributed by atoms with Crippen LogP contribution in [-0.2, 0) is 0 Å². The zero-order valence-electron chi connectivity index (χ0n) is 12.3. The van der Waals surface area contributed by atoms with Crippen LogP contribution in [0.25, 0.3) is 11.1 Å². The Morgan fingerprint density at radius 3 is 2.65 bits per heavy atom. The maximum absolute atomic E-state index is 6.02. The Kier molecular flexibility index (Phi) is 4.98. The quantitative estimate of drug-likeness (QED) is 0.858. The second kappa shape index (κ2) is 6.72. The summed E-state index contributed by atoms with van der Waals surface area (Å²) in [5.74, 6) is 0.600. The molecule has 20 heavy (non-hydrogen) atoms. The topological polar surface area (TPSA) is 54.2 Å². The molecule has 0 aliphatic heterocycles. The van der Waals surface area contributed by atoms with E-state index in [0.717, 1.165) is 29.1 Å². The lowest BCUT2D eigenvalue weighted by atomic mass is 10.1. The van der Waals surface area contributed by atoms with Crippen LogP contribution in [0.5, 0.6) is 0 Å². The molecule has 108 valence electrons. The molecular formula is C15H22N4S. The average Bonchev–Trinajstić information content (AvgIpc) is 2.78. The molecule has 0 fully saturated rings. The van der Waals surface area contributed by atoms with Crippen molar-refractivity contribution in [3.63, 3.8) is 0 Å². The van der Waals surface area contributed by atoms with Crippen LogP contribution in [0, 0.1) is 0 Å². The molecule has 0 radical (unpaired) electrons. The third-order valence-corrected chi connectivity index (χ3v) is 3.96. The molecule has 0 bridgehead atoms. The normalized spacial score (nSPS) is 12.6. The number of nitrogens with two attached hydrogens (primary N) is 1. The van der Waals surface area contributed by atoms with Crippen molar-refractivity contribution in [2.24, 2.45) is 0 Å². The van der Waals surface area contributed by atoms with E-state index in [1.54, 1.807) is 0 Å². The first-order valence-corrected chi connectivity index (χ1v) is 7.57. The third-order valence-electron chi connectivity index (χ3n) is 3.17. The first kappa shape index (κ1) is 14.8. The predicted molar refractivity (Wildman–Crippen MR) is 88.2 cm³/mol. The fourth-order valence-electron chi connectivity index (χ4n) is 2.03. The minimum Gasteiger partial charge on any atom is -0.382 e. The summed E-state index contributed by atoms with van der Waals surface area (Å²) in [6.45, 7) is 3.25. The molecule has 0 aliphatic rings. The van der Waals surface area contributed by atoms with Crippen LogP contribution in [0.15, 0.2) is 30.3 Å². The standard InChI is InChI=1S/C15H22N4S/c1-11(9-10-19(2)3)17-15-13(14(16)18-20-15)12-7-5-4-6-8-12/h4-8,11,17H,9-10H2,1-3H3,(H2,16,18). The Balaban J connectivity index is 2.14. The third kappa shape index (κ3) is 3.71. The summed E-state index contributed by atoms with van der Waals surface area (Å²) in [7, 11) is 4.18. The molecule has 3 N–H and O–H groups in total. The molecule has 5 heteroatoms. The highest BCUT2D eigenvalue weighted by atomic mass is 32.1. The Morgan fingerprint density at radius 2 is 2.00 bits per heavy atom. The average molecular weight is 290 g/mol. The van der Waals surface area contributed by atoms with Gasteiger partial charge in [-0.3, -0.25) is 0 Å². The van der Waals surface area contributed by atoms with Crippen molar-refractivity contribution in [3.05, 3.63) is 30.3 Å². The lowest BCUT2D eigenvalue weighted by molar-refractivity contribution is 0.390. The Labute approximate surface area is 124 Å². The summed E-state index contributed by atoms with van der Waals surface area (Å²) in [6, 6.07) is 10.6. The van der Waals surface area contributed by atoms with E-state index >= 15 is 0 Å². The van der Waals surface area contributed by atoms with E-state index in [0.29, 0.717) is 11.9 Å². The maximum Gasteiger partial charge on any atom is 0.147 e. The summed E-state index contributed by atoms with van der Waals surface area (Å²) in [6.07, 6.45) is 1.08. The maximum atomic E-state index is 6.02. The van der Waals surface area contributed by atoms with Gasteiger partial charge in [-0.15, -0.1) is 0 Å². The molecular weight excluding hydrogens is 268 g/mol. The van der Waals surface area contributed by atoms with Crippen molar-refractivity contribution in [2.45, 2.75) is 19.4 Å². The van der Waals surface area contributed by atoms with Gasteiger partial charge in [0, 0.05) is 6.04 Å². The molecule has 0 saturated carbocycles. The summed E-state index contributed by atoms with van der Waals surface area (Å²) in [4.78, 5) is 2.19.